The topological polar surface area (TPSA) is 29.1 Å². The van der Waals surface area contributed by atoms with Crippen molar-refractivity contribution in [1.82, 2.24) is 5.32 Å². The first-order valence-corrected chi connectivity index (χ1v) is 5.55. The number of carbonyl (C=O) groups is 1. The van der Waals surface area contributed by atoms with Gasteiger partial charge < -0.3 is 5.32 Å². The fraction of sp³-hybridized carbons (Fsp3) is 0.900. The molecule has 0 rings (SSSR count). The van der Waals surface area contributed by atoms with Crippen molar-refractivity contribution in [3.05, 3.63) is 0 Å². The molecule has 0 aromatic heterocycles. The average molecular weight is 206 g/mol. The van der Waals surface area contributed by atoms with E-state index in [9.17, 15) is 4.79 Å². The first kappa shape index (κ1) is 12.8. The minimum Gasteiger partial charge on any atom is -0.352 e. The van der Waals surface area contributed by atoms with Gasteiger partial charge in [-0.2, -0.15) is 0 Å². The van der Waals surface area contributed by atoms with Crippen molar-refractivity contribution in [2.45, 2.75) is 46.1 Å². The fourth-order valence-electron chi connectivity index (χ4n) is 1.16. The van der Waals surface area contributed by atoms with Crippen LogP contribution in [-0.2, 0) is 4.79 Å². The Bertz CT molecular complexity index is 146. The maximum atomic E-state index is 11.5. The third-order valence-corrected chi connectivity index (χ3v) is 2.57. The van der Waals surface area contributed by atoms with E-state index in [0.29, 0.717) is 5.88 Å². The summed E-state index contributed by atoms with van der Waals surface area (Å²) in [7, 11) is 0. The van der Waals surface area contributed by atoms with Gasteiger partial charge in [0.05, 0.1) is 0 Å². The van der Waals surface area contributed by atoms with Gasteiger partial charge in [0, 0.05) is 17.8 Å². The van der Waals surface area contributed by atoms with E-state index in [1.54, 1.807) is 0 Å². The van der Waals surface area contributed by atoms with Crippen LogP contribution >= 0.6 is 11.6 Å². The summed E-state index contributed by atoms with van der Waals surface area (Å²) in [4.78, 5) is 11.5. The average Bonchev–Trinajstić information content (AvgIpc) is 2.14. The molecular formula is C10H20ClNO. The standard InChI is InChI=1S/C10H20ClNO/c1-4-6-8(3)10(13)12-9(5-2)7-11/h8-9H,4-7H2,1-3H3,(H,12,13). The minimum absolute atomic E-state index is 0.113. The maximum Gasteiger partial charge on any atom is 0.223 e. The zero-order chi connectivity index (χ0) is 10.3. The van der Waals surface area contributed by atoms with Gasteiger partial charge in [-0.05, 0) is 12.8 Å². The summed E-state index contributed by atoms with van der Waals surface area (Å²) in [6.07, 6.45) is 2.89. The second-order valence-corrected chi connectivity index (χ2v) is 3.77. The molecule has 0 aromatic carbocycles. The van der Waals surface area contributed by atoms with Crippen molar-refractivity contribution >= 4 is 17.5 Å². The number of alkyl halides is 1. The molecule has 0 radical (unpaired) electrons. The smallest absolute Gasteiger partial charge is 0.223 e. The van der Waals surface area contributed by atoms with Gasteiger partial charge in [0.2, 0.25) is 5.91 Å². The van der Waals surface area contributed by atoms with E-state index in [2.05, 4.69) is 12.2 Å². The lowest BCUT2D eigenvalue weighted by atomic mass is 10.0. The van der Waals surface area contributed by atoms with Gasteiger partial charge in [-0.15, -0.1) is 11.6 Å². The van der Waals surface area contributed by atoms with Crippen LogP contribution in [0, 0.1) is 5.92 Å². The lowest BCUT2D eigenvalue weighted by Gasteiger charge is -2.17. The predicted octanol–water partition coefficient (Wildman–Crippen LogP) is 2.56. The molecule has 2 nitrogen and oxygen atoms in total. The Hall–Kier alpha value is -0.240. The Kier molecular flexibility index (Phi) is 7.06. The van der Waals surface area contributed by atoms with Crippen LogP contribution in [0.3, 0.4) is 0 Å². The molecule has 0 saturated heterocycles. The summed E-state index contributed by atoms with van der Waals surface area (Å²) in [6, 6.07) is 0.133. The summed E-state index contributed by atoms with van der Waals surface area (Å²) >= 11 is 5.68. The number of halogens is 1. The Morgan fingerprint density at radius 3 is 2.46 bits per heavy atom. The maximum absolute atomic E-state index is 11.5. The molecule has 0 aliphatic carbocycles. The zero-order valence-corrected chi connectivity index (χ0v) is 9.53. The first-order chi connectivity index (χ1) is 6.15. The summed E-state index contributed by atoms with van der Waals surface area (Å²) in [5, 5.41) is 2.93. The van der Waals surface area contributed by atoms with E-state index >= 15 is 0 Å². The molecule has 13 heavy (non-hydrogen) atoms. The van der Waals surface area contributed by atoms with Crippen LogP contribution in [0.2, 0.25) is 0 Å². The molecule has 1 amide bonds. The molecule has 2 atom stereocenters. The molecule has 0 saturated carbocycles. The van der Waals surface area contributed by atoms with Crippen molar-refractivity contribution in [3.63, 3.8) is 0 Å². The van der Waals surface area contributed by atoms with Crippen LogP contribution in [0.1, 0.15) is 40.0 Å². The predicted molar refractivity (Wildman–Crippen MR) is 57.0 cm³/mol. The summed E-state index contributed by atoms with van der Waals surface area (Å²) in [6.45, 7) is 6.07. The molecule has 0 bridgehead atoms. The highest BCUT2D eigenvalue weighted by atomic mass is 35.5. The third-order valence-electron chi connectivity index (χ3n) is 2.19. The highest BCUT2D eigenvalue weighted by Crippen LogP contribution is 2.06. The highest BCUT2D eigenvalue weighted by Gasteiger charge is 2.14. The Morgan fingerprint density at radius 2 is 2.08 bits per heavy atom. The molecule has 0 fully saturated rings. The van der Waals surface area contributed by atoms with E-state index in [-0.39, 0.29) is 17.9 Å². The van der Waals surface area contributed by atoms with E-state index in [0.717, 1.165) is 19.3 Å². The van der Waals surface area contributed by atoms with Crippen LogP contribution < -0.4 is 5.32 Å². The minimum atomic E-state index is 0.113. The molecule has 0 spiro atoms. The molecule has 1 N–H and O–H groups in total. The second kappa shape index (κ2) is 7.19. The number of amides is 1. The van der Waals surface area contributed by atoms with Crippen LogP contribution in [0.5, 0.6) is 0 Å². The molecule has 0 aromatic rings. The summed E-state index contributed by atoms with van der Waals surface area (Å²) in [5.74, 6) is 0.748. The number of hydrogen-bond donors (Lipinski definition) is 1. The van der Waals surface area contributed by atoms with Crippen molar-refractivity contribution in [2.75, 3.05) is 5.88 Å². The zero-order valence-electron chi connectivity index (χ0n) is 8.77. The first-order valence-electron chi connectivity index (χ1n) is 5.02. The van der Waals surface area contributed by atoms with Gasteiger partial charge in [0.15, 0.2) is 0 Å². The van der Waals surface area contributed by atoms with Crippen LogP contribution in [0.4, 0.5) is 0 Å². The normalized spacial score (nSPS) is 15.1. The van der Waals surface area contributed by atoms with Gasteiger partial charge in [0.25, 0.3) is 0 Å². The molecular weight excluding hydrogens is 186 g/mol. The van der Waals surface area contributed by atoms with Crippen LogP contribution in [-0.4, -0.2) is 17.8 Å². The molecule has 0 aliphatic rings. The Labute approximate surface area is 86.0 Å². The van der Waals surface area contributed by atoms with Gasteiger partial charge in [0.1, 0.15) is 0 Å². The van der Waals surface area contributed by atoms with E-state index in [4.69, 9.17) is 11.6 Å². The van der Waals surface area contributed by atoms with Crippen LogP contribution in [0.15, 0.2) is 0 Å². The fourth-order valence-corrected chi connectivity index (χ4v) is 1.45. The molecule has 3 heteroatoms. The monoisotopic (exact) mass is 205 g/mol. The largest absolute Gasteiger partial charge is 0.352 e. The Morgan fingerprint density at radius 1 is 1.46 bits per heavy atom. The van der Waals surface area contributed by atoms with E-state index in [1.165, 1.54) is 0 Å². The van der Waals surface area contributed by atoms with Crippen molar-refractivity contribution in [3.8, 4) is 0 Å². The van der Waals surface area contributed by atoms with Gasteiger partial charge >= 0.3 is 0 Å². The van der Waals surface area contributed by atoms with Crippen molar-refractivity contribution in [1.29, 1.82) is 0 Å². The summed E-state index contributed by atoms with van der Waals surface area (Å²) in [5.41, 5.74) is 0. The lowest BCUT2D eigenvalue weighted by molar-refractivity contribution is -0.125. The highest BCUT2D eigenvalue weighted by molar-refractivity contribution is 6.18. The third kappa shape index (κ3) is 5.14. The molecule has 78 valence electrons. The van der Waals surface area contributed by atoms with Crippen LogP contribution in [0.25, 0.3) is 0 Å². The number of carbonyl (C=O) groups excluding carboxylic acids is 1. The SMILES string of the molecule is CCCC(C)C(=O)NC(CC)CCl. The Balaban J connectivity index is 3.83. The van der Waals surface area contributed by atoms with Gasteiger partial charge in [-0.1, -0.05) is 27.2 Å². The quantitative estimate of drug-likeness (QED) is 0.664. The number of hydrogen-bond acceptors (Lipinski definition) is 1. The van der Waals surface area contributed by atoms with Gasteiger partial charge in [-0.3, -0.25) is 4.79 Å². The molecule has 2 unspecified atom stereocenters. The van der Waals surface area contributed by atoms with E-state index in [1.807, 2.05) is 13.8 Å². The lowest BCUT2D eigenvalue weighted by Crippen LogP contribution is -2.38. The molecule has 0 heterocycles. The summed E-state index contributed by atoms with van der Waals surface area (Å²) < 4.78 is 0. The van der Waals surface area contributed by atoms with E-state index < -0.39 is 0 Å². The number of rotatable bonds is 6. The van der Waals surface area contributed by atoms with Crippen molar-refractivity contribution < 1.29 is 4.79 Å². The van der Waals surface area contributed by atoms with Crippen molar-refractivity contribution in [2.24, 2.45) is 5.92 Å². The number of nitrogens with one attached hydrogen (secondary N) is 1. The molecule has 0 aliphatic heterocycles. The second-order valence-electron chi connectivity index (χ2n) is 3.46. The van der Waals surface area contributed by atoms with Gasteiger partial charge in [-0.25, -0.2) is 0 Å².